The van der Waals surface area contributed by atoms with Crippen molar-refractivity contribution in [3.63, 3.8) is 0 Å². The predicted octanol–water partition coefficient (Wildman–Crippen LogP) is 1.07. The molecular formula is C8H9NO2. The maximum absolute atomic E-state index is 10.9. The molecule has 0 unspecified atom stereocenters. The van der Waals surface area contributed by atoms with E-state index in [0.717, 1.165) is 5.57 Å². The van der Waals surface area contributed by atoms with E-state index in [-0.39, 0.29) is 11.5 Å². The number of ether oxygens (including phenoxy) is 1. The van der Waals surface area contributed by atoms with E-state index in [0.29, 0.717) is 5.76 Å². The second-order valence-corrected chi connectivity index (χ2v) is 2.32. The summed E-state index contributed by atoms with van der Waals surface area (Å²) in [6.45, 7) is 1.80. The summed E-state index contributed by atoms with van der Waals surface area (Å²) in [4.78, 5) is 10.9. The van der Waals surface area contributed by atoms with Gasteiger partial charge in [0.2, 0.25) is 5.78 Å². The van der Waals surface area contributed by atoms with E-state index in [4.69, 9.17) is 10.1 Å². The molecule has 0 aromatic heterocycles. The number of hydrogen-bond acceptors (Lipinski definition) is 3. The molecule has 0 aromatic rings. The minimum Gasteiger partial charge on any atom is -0.496 e. The smallest absolute Gasteiger partial charge is 0.207 e. The van der Waals surface area contributed by atoms with Crippen molar-refractivity contribution in [2.24, 2.45) is 0 Å². The molecule has 11 heavy (non-hydrogen) atoms. The molecule has 0 aliphatic heterocycles. The second kappa shape index (κ2) is 2.70. The number of carbonyl (C=O) groups is 1. The molecule has 58 valence electrons. The standard InChI is InChI=1S/C8H9NO2/c1-5-3-6(9)7(10)4-8(5)11-2/h3-4,9H,1-2H3. The predicted molar refractivity (Wildman–Crippen MR) is 41.6 cm³/mol. The number of rotatable bonds is 1. The number of ketones is 1. The summed E-state index contributed by atoms with van der Waals surface area (Å²) in [6, 6.07) is 0. The van der Waals surface area contributed by atoms with E-state index >= 15 is 0 Å². The van der Waals surface area contributed by atoms with Crippen LogP contribution in [0.5, 0.6) is 0 Å². The van der Waals surface area contributed by atoms with E-state index in [2.05, 4.69) is 0 Å². The van der Waals surface area contributed by atoms with E-state index in [1.807, 2.05) is 0 Å². The van der Waals surface area contributed by atoms with Crippen LogP contribution in [0.1, 0.15) is 6.92 Å². The molecule has 0 saturated heterocycles. The fourth-order valence-corrected chi connectivity index (χ4v) is 0.889. The highest BCUT2D eigenvalue weighted by atomic mass is 16.5. The molecule has 0 heterocycles. The van der Waals surface area contributed by atoms with Crippen molar-refractivity contribution >= 4 is 11.5 Å². The fraction of sp³-hybridized carbons (Fsp3) is 0.250. The zero-order valence-electron chi connectivity index (χ0n) is 6.47. The van der Waals surface area contributed by atoms with Gasteiger partial charge in [0.05, 0.1) is 7.11 Å². The lowest BCUT2D eigenvalue weighted by Gasteiger charge is -2.10. The third kappa shape index (κ3) is 1.37. The molecule has 0 atom stereocenters. The Morgan fingerprint density at radius 1 is 1.45 bits per heavy atom. The van der Waals surface area contributed by atoms with Gasteiger partial charge in [0.15, 0.2) is 0 Å². The van der Waals surface area contributed by atoms with Crippen molar-refractivity contribution in [3.05, 3.63) is 23.5 Å². The lowest BCUT2D eigenvalue weighted by molar-refractivity contribution is -0.109. The Balaban J connectivity index is 3.00. The van der Waals surface area contributed by atoms with Crippen LogP contribution in [0.2, 0.25) is 0 Å². The number of allylic oxidation sites excluding steroid dienone is 3. The Labute approximate surface area is 64.9 Å². The van der Waals surface area contributed by atoms with Gasteiger partial charge in [-0.15, -0.1) is 0 Å². The van der Waals surface area contributed by atoms with Gasteiger partial charge in [-0.25, -0.2) is 0 Å². The first-order chi connectivity index (χ1) is 5.15. The van der Waals surface area contributed by atoms with Crippen molar-refractivity contribution in [3.8, 4) is 0 Å². The average Bonchev–Trinajstić information content (AvgIpc) is 1.97. The fourth-order valence-electron chi connectivity index (χ4n) is 0.889. The average molecular weight is 151 g/mol. The zero-order valence-corrected chi connectivity index (χ0v) is 6.47. The van der Waals surface area contributed by atoms with Crippen LogP contribution >= 0.6 is 0 Å². The first-order valence-electron chi connectivity index (χ1n) is 3.22. The molecule has 1 rings (SSSR count). The number of nitrogens with one attached hydrogen (secondary N) is 1. The molecule has 1 aliphatic rings. The van der Waals surface area contributed by atoms with Gasteiger partial charge in [-0.05, 0) is 18.6 Å². The van der Waals surface area contributed by atoms with Crippen LogP contribution in [-0.4, -0.2) is 18.6 Å². The van der Waals surface area contributed by atoms with E-state index in [1.165, 1.54) is 19.3 Å². The number of carbonyl (C=O) groups excluding carboxylic acids is 1. The minimum atomic E-state index is -0.299. The molecule has 1 aliphatic carbocycles. The summed E-state index contributed by atoms with van der Waals surface area (Å²) in [7, 11) is 1.51. The second-order valence-electron chi connectivity index (χ2n) is 2.32. The molecule has 0 amide bonds. The topological polar surface area (TPSA) is 50.2 Å². The molecule has 0 aromatic carbocycles. The number of hydrogen-bond donors (Lipinski definition) is 1. The molecule has 0 spiro atoms. The summed E-state index contributed by atoms with van der Waals surface area (Å²) >= 11 is 0. The normalized spacial score (nSPS) is 17.6. The molecular weight excluding hydrogens is 142 g/mol. The highest BCUT2D eigenvalue weighted by Crippen LogP contribution is 2.14. The molecule has 0 bridgehead atoms. The summed E-state index contributed by atoms with van der Waals surface area (Å²) in [5.41, 5.74) is 0.834. The highest BCUT2D eigenvalue weighted by Gasteiger charge is 2.14. The van der Waals surface area contributed by atoms with Gasteiger partial charge in [0.1, 0.15) is 11.5 Å². The molecule has 0 fully saturated rings. The Morgan fingerprint density at radius 2 is 2.09 bits per heavy atom. The van der Waals surface area contributed by atoms with Crippen LogP contribution < -0.4 is 0 Å². The van der Waals surface area contributed by atoms with Gasteiger partial charge >= 0.3 is 0 Å². The lowest BCUT2D eigenvalue weighted by atomic mass is 10.0. The maximum Gasteiger partial charge on any atom is 0.207 e. The zero-order chi connectivity index (χ0) is 8.43. The Hall–Kier alpha value is -1.38. The summed E-state index contributed by atoms with van der Waals surface area (Å²) in [5, 5.41) is 7.16. The van der Waals surface area contributed by atoms with E-state index < -0.39 is 0 Å². The number of methoxy groups -OCH3 is 1. The van der Waals surface area contributed by atoms with E-state index in [9.17, 15) is 4.79 Å². The largest absolute Gasteiger partial charge is 0.496 e. The third-order valence-electron chi connectivity index (χ3n) is 1.50. The van der Waals surface area contributed by atoms with Crippen molar-refractivity contribution in [1.82, 2.24) is 0 Å². The Bertz CT molecular complexity index is 274. The minimum absolute atomic E-state index is 0.0169. The Morgan fingerprint density at radius 3 is 2.64 bits per heavy atom. The van der Waals surface area contributed by atoms with Crippen LogP contribution in [0.3, 0.4) is 0 Å². The van der Waals surface area contributed by atoms with Gasteiger partial charge in [-0.1, -0.05) is 0 Å². The van der Waals surface area contributed by atoms with Gasteiger partial charge in [-0.2, -0.15) is 0 Å². The van der Waals surface area contributed by atoms with Crippen molar-refractivity contribution in [1.29, 1.82) is 5.41 Å². The van der Waals surface area contributed by atoms with Crippen LogP contribution in [0.15, 0.2) is 23.5 Å². The SMILES string of the molecule is COC1=CC(=O)C(=N)C=C1C. The summed E-state index contributed by atoms with van der Waals surface area (Å²) in [6.07, 6.45) is 2.83. The first kappa shape index (κ1) is 7.72. The van der Waals surface area contributed by atoms with Gasteiger partial charge < -0.3 is 4.74 Å². The molecule has 0 saturated carbocycles. The monoisotopic (exact) mass is 151 g/mol. The Kier molecular flexibility index (Phi) is 1.89. The lowest BCUT2D eigenvalue weighted by Crippen LogP contribution is -2.13. The summed E-state index contributed by atoms with van der Waals surface area (Å²) < 4.78 is 4.90. The van der Waals surface area contributed by atoms with Crippen molar-refractivity contribution in [2.75, 3.05) is 7.11 Å². The van der Waals surface area contributed by atoms with Gasteiger partial charge in [-0.3, -0.25) is 10.2 Å². The molecule has 0 radical (unpaired) electrons. The maximum atomic E-state index is 10.9. The van der Waals surface area contributed by atoms with Gasteiger partial charge in [0.25, 0.3) is 0 Å². The third-order valence-corrected chi connectivity index (χ3v) is 1.50. The van der Waals surface area contributed by atoms with Crippen molar-refractivity contribution in [2.45, 2.75) is 6.92 Å². The first-order valence-corrected chi connectivity index (χ1v) is 3.22. The van der Waals surface area contributed by atoms with Crippen LogP contribution in [0, 0.1) is 5.41 Å². The molecule has 1 N–H and O–H groups in total. The molecule has 3 heteroatoms. The summed E-state index contributed by atoms with van der Waals surface area (Å²) in [5.74, 6) is 0.249. The quantitative estimate of drug-likeness (QED) is 0.570. The van der Waals surface area contributed by atoms with Crippen LogP contribution in [-0.2, 0) is 9.53 Å². The van der Waals surface area contributed by atoms with Crippen LogP contribution in [0.4, 0.5) is 0 Å². The van der Waals surface area contributed by atoms with E-state index in [1.54, 1.807) is 6.92 Å². The van der Waals surface area contributed by atoms with Gasteiger partial charge in [0, 0.05) is 6.08 Å². The van der Waals surface area contributed by atoms with Crippen molar-refractivity contribution < 1.29 is 9.53 Å². The molecule has 3 nitrogen and oxygen atoms in total. The highest BCUT2D eigenvalue weighted by molar-refractivity contribution is 6.48. The van der Waals surface area contributed by atoms with Crippen LogP contribution in [0.25, 0.3) is 0 Å².